The van der Waals surface area contributed by atoms with Gasteiger partial charge in [-0.15, -0.1) is 0 Å². The summed E-state index contributed by atoms with van der Waals surface area (Å²) in [4.78, 5) is 0. The Morgan fingerprint density at radius 1 is 0.846 bits per heavy atom. The summed E-state index contributed by atoms with van der Waals surface area (Å²) in [5.41, 5.74) is 10.6. The lowest BCUT2D eigenvalue weighted by Gasteiger charge is -2.34. The fraction of sp³-hybridized carbons (Fsp3) is 0.429. The molecule has 26 heavy (non-hydrogen) atoms. The van der Waals surface area contributed by atoms with Crippen LogP contribution in [0.4, 0.5) is 0 Å². The molecule has 140 valence electrons. The van der Waals surface area contributed by atoms with E-state index in [2.05, 4.69) is 13.8 Å². The Labute approximate surface area is 156 Å². The Morgan fingerprint density at radius 2 is 1.27 bits per heavy atom. The zero-order chi connectivity index (χ0) is 18.6. The van der Waals surface area contributed by atoms with E-state index in [1.807, 2.05) is 48.5 Å². The molecule has 1 aliphatic rings. The normalized spacial score (nSPS) is 14.9. The summed E-state index contributed by atoms with van der Waals surface area (Å²) in [6.45, 7) is 4.90. The lowest BCUT2D eigenvalue weighted by molar-refractivity contribution is 0.184. The van der Waals surface area contributed by atoms with Crippen molar-refractivity contribution in [3.05, 3.63) is 59.7 Å². The lowest BCUT2D eigenvalue weighted by Crippen LogP contribution is -2.37. The van der Waals surface area contributed by atoms with Crippen LogP contribution >= 0.6 is 7.60 Å². The predicted molar refractivity (Wildman–Crippen MR) is 106 cm³/mol. The summed E-state index contributed by atoms with van der Waals surface area (Å²) in [5, 5.41) is -1.28. The highest BCUT2D eigenvalue weighted by atomic mass is 31.2. The quantitative estimate of drug-likeness (QED) is 0.455. The van der Waals surface area contributed by atoms with Crippen molar-refractivity contribution < 1.29 is 13.6 Å². The zero-order valence-electron chi connectivity index (χ0n) is 15.6. The monoisotopic (exact) mass is 373 g/mol. The van der Waals surface area contributed by atoms with Crippen LogP contribution in [0.3, 0.4) is 0 Å². The first kappa shape index (κ1) is 19.3. The molecule has 4 nitrogen and oxygen atoms in total. The molecule has 2 N–H and O–H groups in total. The highest BCUT2D eigenvalue weighted by Gasteiger charge is 2.56. The average Bonchev–Trinajstić information content (AvgIpc) is 2.94. The molecule has 0 fully saturated rings. The molecule has 0 aromatic heterocycles. The summed E-state index contributed by atoms with van der Waals surface area (Å²) < 4.78 is 25.9. The van der Waals surface area contributed by atoms with Crippen molar-refractivity contribution in [3.8, 4) is 11.1 Å². The third-order valence-electron chi connectivity index (χ3n) is 4.92. The molecule has 0 atom stereocenters. The molecule has 0 saturated heterocycles. The van der Waals surface area contributed by atoms with Crippen LogP contribution in [0.5, 0.6) is 0 Å². The standard InChI is InChI=1S/C21H28NO3P/c1-3-5-15-24-26(23,25-16-6-4-2)21(22)19-13-9-7-11-17(19)18-12-8-10-14-20(18)21/h7-14H,3-6,15-16,22H2,1-2H3. The first-order chi connectivity index (χ1) is 12.6. The van der Waals surface area contributed by atoms with Gasteiger partial charge in [0.25, 0.3) is 0 Å². The second kappa shape index (κ2) is 8.06. The van der Waals surface area contributed by atoms with Gasteiger partial charge in [-0.25, -0.2) is 0 Å². The summed E-state index contributed by atoms with van der Waals surface area (Å²) in [6, 6.07) is 15.7. The number of rotatable bonds is 9. The summed E-state index contributed by atoms with van der Waals surface area (Å²) in [7, 11) is -3.63. The molecule has 0 amide bonds. The minimum absolute atomic E-state index is 0.378. The Bertz CT molecular complexity index is 746. The van der Waals surface area contributed by atoms with Crippen LogP contribution in [0, 0.1) is 0 Å². The molecule has 3 rings (SSSR count). The molecular weight excluding hydrogens is 345 g/mol. The van der Waals surface area contributed by atoms with Gasteiger partial charge in [-0.2, -0.15) is 0 Å². The van der Waals surface area contributed by atoms with Gasteiger partial charge in [0.05, 0.1) is 13.2 Å². The number of hydrogen-bond donors (Lipinski definition) is 1. The first-order valence-corrected chi connectivity index (χ1v) is 11.0. The highest BCUT2D eigenvalue weighted by Crippen LogP contribution is 2.69. The molecule has 5 heteroatoms. The molecular formula is C21H28NO3P. The van der Waals surface area contributed by atoms with Crippen molar-refractivity contribution >= 4 is 7.60 Å². The van der Waals surface area contributed by atoms with Crippen LogP contribution in [0.25, 0.3) is 11.1 Å². The maximum Gasteiger partial charge on any atom is 0.359 e. The summed E-state index contributed by atoms with van der Waals surface area (Å²) >= 11 is 0. The fourth-order valence-electron chi connectivity index (χ4n) is 3.44. The second-order valence-electron chi connectivity index (χ2n) is 6.73. The number of benzene rings is 2. The Morgan fingerprint density at radius 3 is 1.69 bits per heavy atom. The molecule has 0 spiro atoms. The van der Waals surface area contributed by atoms with E-state index >= 15 is 0 Å². The molecule has 1 aliphatic carbocycles. The molecule has 2 aromatic rings. The predicted octanol–water partition coefficient (Wildman–Crippen LogP) is 5.65. The van der Waals surface area contributed by atoms with Gasteiger partial charge in [-0.05, 0) is 35.1 Å². The Balaban J connectivity index is 2.10. The highest BCUT2D eigenvalue weighted by molar-refractivity contribution is 7.55. The van der Waals surface area contributed by atoms with E-state index in [9.17, 15) is 4.57 Å². The van der Waals surface area contributed by atoms with E-state index in [0.29, 0.717) is 13.2 Å². The van der Waals surface area contributed by atoms with E-state index in [1.54, 1.807) is 0 Å². The minimum Gasteiger partial charge on any atom is -0.308 e. The van der Waals surface area contributed by atoms with Crippen LogP contribution in [0.1, 0.15) is 50.7 Å². The molecule has 0 unspecified atom stereocenters. The van der Waals surface area contributed by atoms with Crippen LogP contribution < -0.4 is 5.73 Å². The number of hydrogen-bond acceptors (Lipinski definition) is 4. The van der Waals surface area contributed by atoms with Crippen molar-refractivity contribution in [1.82, 2.24) is 0 Å². The van der Waals surface area contributed by atoms with E-state index in [1.165, 1.54) is 0 Å². The van der Waals surface area contributed by atoms with Gasteiger partial charge in [-0.1, -0.05) is 75.2 Å². The van der Waals surface area contributed by atoms with Gasteiger partial charge in [0.1, 0.15) is 0 Å². The lowest BCUT2D eigenvalue weighted by atomic mass is 10.1. The Hall–Kier alpha value is -1.45. The zero-order valence-corrected chi connectivity index (χ0v) is 16.5. The van der Waals surface area contributed by atoms with Crippen LogP contribution in [0.2, 0.25) is 0 Å². The van der Waals surface area contributed by atoms with Crippen molar-refractivity contribution in [3.63, 3.8) is 0 Å². The van der Waals surface area contributed by atoms with E-state index in [0.717, 1.165) is 47.9 Å². The smallest absolute Gasteiger partial charge is 0.308 e. The fourth-order valence-corrected chi connectivity index (χ4v) is 5.64. The van der Waals surface area contributed by atoms with Crippen molar-refractivity contribution in [2.45, 2.75) is 44.8 Å². The number of unbranched alkanes of at least 4 members (excludes halogenated alkanes) is 2. The van der Waals surface area contributed by atoms with Crippen molar-refractivity contribution in [1.29, 1.82) is 0 Å². The molecule has 0 aliphatic heterocycles. The maximum atomic E-state index is 14.0. The third kappa shape index (κ3) is 3.16. The molecule has 0 saturated carbocycles. The van der Waals surface area contributed by atoms with Gasteiger partial charge >= 0.3 is 7.60 Å². The molecule has 0 radical (unpaired) electrons. The first-order valence-electron chi connectivity index (χ1n) is 9.46. The Kier molecular flexibility index (Phi) is 5.99. The SMILES string of the molecule is CCCCOP(=O)(OCCCC)C1(N)c2ccccc2-c2ccccc21. The van der Waals surface area contributed by atoms with Crippen LogP contribution in [0.15, 0.2) is 48.5 Å². The minimum atomic E-state index is -3.63. The summed E-state index contributed by atoms with van der Waals surface area (Å²) in [6.07, 6.45) is 3.56. The van der Waals surface area contributed by atoms with Gasteiger partial charge in [0, 0.05) is 0 Å². The number of fused-ring (bicyclic) bond motifs is 3. The van der Waals surface area contributed by atoms with Crippen molar-refractivity contribution in [2.24, 2.45) is 5.73 Å². The molecule has 0 heterocycles. The van der Waals surface area contributed by atoms with Crippen molar-refractivity contribution in [2.75, 3.05) is 13.2 Å². The topological polar surface area (TPSA) is 61.5 Å². The van der Waals surface area contributed by atoms with E-state index < -0.39 is 12.9 Å². The van der Waals surface area contributed by atoms with E-state index in [-0.39, 0.29) is 0 Å². The van der Waals surface area contributed by atoms with Gasteiger partial charge in [0.2, 0.25) is 0 Å². The van der Waals surface area contributed by atoms with Gasteiger partial charge in [-0.3, -0.25) is 4.57 Å². The molecule has 2 aromatic carbocycles. The second-order valence-corrected chi connectivity index (χ2v) is 8.95. The third-order valence-corrected chi connectivity index (χ3v) is 7.31. The molecule has 0 bridgehead atoms. The van der Waals surface area contributed by atoms with Gasteiger partial charge in [0.15, 0.2) is 5.28 Å². The summed E-state index contributed by atoms with van der Waals surface area (Å²) in [5.74, 6) is 0. The number of nitrogens with two attached hydrogens (primary N) is 1. The van der Waals surface area contributed by atoms with Crippen LogP contribution in [-0.2, 0) is 18.9 Å². The van der Waals surface area contributed by atoms with Gasteiger partial charge < -0.3 is 14.8 Å². The average molecular weight is 373 g/mol. The van der Waals surface area contributed by atoms with E-state index in [4.69, 9.17) is 14.8 Å². The van der Waals surface area contributed by atoms with Crippen LogP contribution in [-0.4, -0.2) is 13.2 Å². The maximum absolute atomic E-state index is 14.0. The largest absolute Gasteiger partial charge is 0.359 e.